The molecule has 0 radical (unpaired) electrons. The van der Waals surface area contributed by atoms with E-state index >= 15 is 0 Å². The number of hydrogen-bond donors (Lipinski definition) is 0. The van der Waals surface area contributed by atoms with Gasteiger partial charge in [0.15, 0.2) is 5.43 Å². The van der Waals surface area contributed by atoms with Crippen LogP contribution < -0.4 is 15.1 Å². The highest BCUT2D eigenvalue weighted by Crippen LogP contribution is 2.40. The predicted molar refractivity (Wildman–Crippen MR) is 113 cm³/mol. The average Bonchev–Trinajstić information content (AvgIpc) is 3.07. The first-order valence-corrected chi connectivity index (χ1v) is 9.61. The van der Waals surface area contributed by atoms with Crippen molar-refractivity contribution < 1.29 is 13.9 Å². The molecule has 0 saturated heterocycles. The van der Waals surface area contributed by atoms with Crippen molar-refractivity contribution in [3.8, 4) is 5.75 Å². The topological polar surface area (TPSA) is 72.6 Å². The fraction of sp³-hybridized carbons (Fsp3) is 0.0870. The zero-order chi connectivity index (χ0) is 20.8. The van der Waals surface area contributed by atoms with Crippen LogP contribution in [0.2, 0.25) is 5.02 Å². The van der Waals surface area contributed by atoms with Crippen LogP contribution in [0.5, 0.6) is 5.75 Å². The lowest BCUT2D eigenvalue weighted by Crippen LogP contribution is -2.30. The lowest BCUT2D eigenvalue weighted by atomic mass is 9.98. The van der Waals surface area contributed by atoms with Crippen LogP contribution in [-0.4, -0.2) is 18.0 Å². The number of carbonyl (C=O) groups excluding carboxylic acids is 1. The molecule has 4 aromatic rings. The largest absolute Gasteiger partial charge is 0.497 e. The maximum absolute atomic E-state index is 13.4. The summed E-state index contributed by atoms with van der Waals surface area (Å²) in [6.45, 7) is 0. The van der Waals surface area contributed by atoms with Gasteiger partial charge in [-0.05, 0) is 42.0 Å². The molecule has 1 atom stereocenters. The quantitative estimate of drug-likeness (QED) is 0.486. The van der Waals surface area contributed by atoms with E-state index in [1.807, 2.05) is 12.1 Å². The van der Waals surface area contributed by atoms with Crippen molar-refractivity contribution in [2.24, 2.45) is 0 Å². The van der Waals surface area contributed by atoms with Gasteiger partial charge in [0.25, 0.3) is 5.91 Å². The van der Waals surface area contributed by atoms with Gasteiger partial charge in [0.05, 0.1) is 29.1 Å². The molecule has 148 valence electrons. The molecule has 0 N–H and O–H groups in total. The number of benzene rings is 2. The first-order chi connectivity index (χ1) is 14.6. The number of nitrogens with zero attached hydrogens (tertiary/aromatic N) is 2. The van der Waals surface area contributed by atoms with Crippen molar-refractivity contribution >= 4 is 34.3 Å². The molecule has 2 aromatic heterocycles. The summed E-state index contributed by atoms with van der Waals surface area (Å²) in [5.41, 5.74) is 1.16. The molecule has 2 aromatic carbocycles. The third kappa shape index (κ3) is 2.76. The van der Waals surface area contributed by atoms with Gasteiger partial charge in [-0.3, -0.25) is 14.5 Å². The van der Waals surface area contributed by atoms with Gasteiger partial charge in [0.2, 0.25) is 5.76 Å². The van der Waals surface area contributed by atoms with Crippen LogP contribution >= 0.6 is 11.6 Å². The second-order valence-electron chi connectivity index (χ2n) is 6.86. The Morgan fingerprint density at radius 3 is 2.50 bits per heavy atom. The second kappa shape index (κ2) is 7.00. The van der Waals surface area contributed by atoms with E-state index in [4.69, 9.17) is 20.8 Å². The maximum atomic E-state index is 13.4. The molecule has 0 aliphatic carbocycles. The van der Waals surface area contributed by atoms with E-state index < -0.39 is 11.9 Å². The van der Waals surface area contributed by atoms with E-state index in [0.717, 1.165) is 5.56 Å². The zero-order valence-electron chi connectivity index (χ0n) is 15.8. The molecular weight excluding hydrogens is 404 g/mol. The minimum atomic E-state index is -0.687. The number of hydrogen-bond acceptors (Lipinski definition) is 5. The number of methoxy groups -OCH3 is 1. The van der Waals surface area contributed by atoms with E-state index in [1.165, 1.54) is 11.1 Å². The van der Waals surface area contributed by atoms with E-state index in [2.05, 4.69) is 4.98 Å². The SMILES string of the molecule is COc1ccc([C@@H]2c3c(oc4ccccc4c3=O)C(=O)N2c2ccc(Cl)cn2)cc1. The first kappa shape index (κ1) is 18.4. The minimum Gasteiger partial charge on any atom is -0.497 e. The lowest BCUT2D eigenvalue weighted by molar-refractivity contribution is 0.0970. The van der Waals surface area contributed by atoms with Crippen molar-refractivity contribution in [2.75, 3.05) is 12.0 Å². The number of ether oxygens (including phenoxy) is 1. The molecule has 0 bridgehead atoms. The van der Waals surface area contributed by atoms with Crippen molar-refractivity contribution in [1.82, 2.24) is 4.98 Å². The van der Waals surface area contributed by atoms with Crippen LogP contribution in [0.3, 0.4) is 0 Å². The van der Waals surface area contributed by atoms with Gasteiger partial charge in [0, 0.05) is 6.20 Å². The van der Waals surface area contributed by atoms with Crippen LogP contribution in [0.25, 0.3) is 11.0 Å². The van der Waals surface area contributed by atoms with Crippen molar-refractivity contribution in [2.45, 2.75) is 6.04 Å². The molecule has 3 heterocycles. The van der Waals surface area contributed by atoms with Crippen molar-refractivity contribution in [1.29, 1.82) is 0 Å². The van der Waals surface area contributed by atoms with Gasteiger partial charge >= 0.3 is 0 Å². The maximum Gasteiger partial charge on any atom is 0.296 e. The summed E-state index contributed by atoms with van der Waals surface area (Å²) in [6.07, 6.45) is 1.46. The standard InChI is InChI=1S/C23H15ClN2O4/c1-29-15-9-6-13(7-10-15)20-19-21(27)16-4-2-3-5-17(16)30-22(19)23(28)26(20)18-11-8-14(24)12-25-18/h2-12,20H,1H3/t20-/m1/s1. The number of halogens is 1. The third-order valence-electron chi connectivity index (χ3n) is 5.17. The fourth-order valence-electron chi connectivity index (χ4n) is 3.77. The van der Waals surface area contributed by atoms with E-state index in [9.17, 15) is 9.59 Å². The number of fused-ring (bicyclic) bond motifs is 2. The van der Waals surface area contributed by atoms with Crippen LogP contribution in [0, 0.1) is 0 Å². The highest BCUT2D eigenvalue weighted by atomic mass is 35.5. The van der Waals surface area contributed by atoms with Crippen LogP contribution in [-0.2, 0) is 0 Å². The highest BCUT2D eigenvalue weighted by molar-refractivity contribution is 6.30. The number of para-hydroxylation sites is 1. The first-order valence-electron chi connectivity index (χ1n) is 9.23. The van der Waals surface area contributed by atoms with E-state index in [0.29, 0.717) is 33.1 Å². The van der Waals surface area contributed by atoms with Crippen LogP contribution in [0.4, 0.5) is 5.82 Å². The molecule has 1 aliphatic rings. The number of rotatable bonds is 3. The third-order valence-corrected chi connectivity index (χ3v) is 5.39. The molecule has 0 fully saturated rings. The Hall–Kier alpha value is -3.64. The second-order valence-corrected chi connectivity index (χ2v) is 7.29. The van der Waals surface area contributed by atoms with Crippen LogP contribution in [0.15, 0.2) is 76.1 Å². The Morgan fingerprint density at radius 2 is 1.80 bits per heavy atom. The monoisotopic (exact) mass is 418 g/mol. The predicted octanol–water partition coefficient (Wildman–Crippen LogP) is 4.60. The Morgan fingerprint density at radius 1 is 1.03 bits per heavy atom. The molecule has 0 saturated carbocycles. The number of aromatic nitrogens is 1. The van der Waals surface area contributed by atoms with Crippen molar-refractivity contribution in [3.63, 3.8) is 0 Å². The molecule has 5 rings (SSSR count). The number of carbonyl (C=O) groups is 1. The van der Waals surface area contributed by atoms with Gasteiger partial charge in [-0.15, -0.1) is 0 Å². The van der Waals surface area contributed by atoms with Gasteiger partial charge in [0.1, 0.15) is 17.2 Å². The molecule has 30 heavy (non-hydrogen) atoms. The van der Waals surface area contributed by atoms with Gasteiger partial charge in [-0.1, -0.05) is 35.9 Å². The Bertz CT molecular complexity index is 1330. The average molecular weight is 419 g/mol. The number of amides is 1. The molecular formula is C23H15ClN2O4. The highest BCUT2D eigenvalue weighted by Gasteiger charge is 2.44. The Balaban J connectivity index is 1.78. The molecule has 1 aliphatic heterocycles. The number of anilines is 1. The molecule has 0 spiro atoms. The smallest absolute Gasteiger partial charge is 0.296 e. The summed E-state index contributed by atoms with van der Waals surface area (Å²) in [4.78, 5) is 32.6. The molecule has 6 nitrogen and oxygen atoms in total. The number of pyridine rings is 1. The summed E-state index contributed by atoms with van der Waals surface area (Å²) < 4.78 is 11.1. The van der Waals surface area contributed by atoms with E-state index in [1.54, 1.807) is 55.6 Å². The van der Waals surface area contributed by atoms with Crippen molar-refractivity contribution in [3.05, 3.63) is 99.0 Å². The summed E-state index contributed by atoms with van der Waals surface area (Å²) in [5, 5.41) is 0.873. The molecule has 0 unspecified atom stereocenters. The van der Waals surface area contributed by atoms with Crippen LogP contribution in [0.1, 0.15) is 27.7 Å². The molecule has 1 amide bonds. The van der Waals surface area contributed by atoms with E-state index in [-0.39, 0.29) is 11.2 Å². The van der Waals surface area contributed by atoms with Gasteiger partial charge in [-0.2, -0.15) is 0 Å². The summed E-state index contributed by atoms with van der Waals surface area (Å²) >= 11 is 5.98. The normalized spacial score (nSPS) is 15.5. The fourth-order valence-corrected chi connectivity index (χ4v) is 3.88. The Labute approximate surface area is 176 Å². The zero-order valence-corrected chi connectivity index (χ0v) is 16.6. The minimum absolute atomic E-state index is 0.0243. The lowest BCUT2D eigenvalue weighted by Gasteiger charge is -2.24. The summed E-state index contributed by atoms with van der Waals surface area (Å²) in [6, 6.07) is 16.7. The summed E-state index contributed by atoms with van der Waals surface area (Å²) in [5.74, 6) is 0.643. The summed E-state index contributed by atoms with van der Waals surface area (Å²) in [7, 11) is 1.58. The molecule has 7 heteroatoms. The Kier molecular flexibility index (Phi) is 4.29. The van der Waals surface area contributed by atoms with Gasteiger partial charge in [-0.25, -0.2) is 4.98 Å². The van der Waals surface area contributed by atoms with Gasteiger partial charge < -0.3 is 9.15 Å².